The molecule has 4 rings (SSSR count). The molecule has 6 heteroatoms. The van der Waals surface area contributed by atoms with Crippen LogP contribution in [0.4, 0.5) is 11.4 Å². The van der Waals surface area contributed by atoms with Crippen molar-refractivity contribution in [2.75, 3.05) is 23.8 Å². The molecule has 1 amide bonds. The van der Waals surface area contributed by atoms with E-state index in [2.05, 4.69) is 21.7 Å². The van der Waals surface area contributed by atoms with E-state index in [4.69, 9.17) is 4.74 Å². The average Bonchev–Trinajstić information content (AvgIpc) is 3.08. The second kappa shape index (κ2) is 8.47. The number of H-pyrrole nitrogens is 1. The van der Waals surface area contributed by atoms with Crippen LogP contribution in [-0.2, 0) is 4.79 Å². The fourth-order valence-electron chi connectivity index (χ4n) is 3.65. The lowest BCUT2D eigenvalue weighted by Gasteiger charge is -2.15. The molecule has 154 valence electrons. The lowest BCUT2D eigenvalue weighted by Crippen LogP contribution is -2.14. The van der Waals surface area contributed by atoms with Crippen LogP contribution in [-0.4, -0.2) is 29.1 Å². The Morgan fingerprint density at radius 2 is 1.80 bits per heavy atom. The summed E-state index contributed by atoms with van der Waals surface area (Å²) < 4.78 is 6.00. The topological polar surface area (TPSA) is 86.4 Å². The van der Waals surface area contributed by atoms with Crippen molar-refractivity contribution in [3.63, 3.8) is 0 Å². The Morgan fingerprint density at radius 1 is 1.03 bits per heavy atom. The molecule has 4 N–H and O–H groups in total. The first-order valence-electron chi connectivity index (χ1n) is 9.98. The number of hydrogen-bond acceptors (Lipinski definition) is 4. The van der Waals surface area contributed by atoms with Gasteiger partial charge in [0.1, 0.15) is 12.4 Å². The van der Waals surface area contributed by atoms with Gasteiger partial charge in [-0.3, -0.25) is 4.79 Å². The third-order valence-electron chi connectivity index (χ3n) is 5.00. The second-order valence-electron chi connectivity index (χ2n) is 7.28. The first kappa shape index (κ1) is 19.8. The Kier molecular flexibility index (Phi) is 5.59. The van der Waals surface area contributed by atoms with Crippen molar-refractivity contribution in [3.05, 3.63) is 66.2 Å². The monoisotopic (exact) mass is 403 g/mol. The summed E-state index contributed by atoms with van der Waals surface area (Å²) in [4.78, 5) is 15.1. The number of aromatic amines is 1. The van der Waals surface area contributed by atoms with Crippen LogP contribution in [0.5, 0.6) is 5.75 Å². The maximum Gasteiger partial charge on any atom is 0.221 e. The zero-order valence-electron chi connectivity index (χ0n) is 17.0. The van der Waals surface area contributed by atoms with E-state index in [1.807, 2.05) is 54.6 Å². The normalized spacial score (nSPS) is 12.1. The van der Waals surface area contributed by atoms with Gasteiger partial charge in [-0.05, 0) is 25.1 Å². The molecule has 0 aliphatic heterocycles. The summed E-state index contributed by atoms with van der Waals surface area (Å²) in [5.41, 5.74) is 4.35. The molecule has 0 aliphatic carbocycles. The minimum absolute atomic E-state index is 0.150. The van der Waals surface area contributed by atoms with Crippen molar-refractivity contribution >= 4 is 39.1 Å². The lowest BCUT2D eigenvalue weighted by atomic mass is 10.1. The third-order valence-corrected chi connectivity index (χ3v) is 5.00. The number of benzene rings is 3. The van der Waals surface area contributed by atoms with Gasteiger partial charge in [-0.15, -0.1) is 0 Å². The molecule has 0 radical (unpaired) electrons. The van der Waals surface area contributed by atoms with E-state index in [1.54, 1.807) is 6.92 Å². The number of rotatable bonds is 7. The third kappa shape index (κ3) is 4.09. The van der Waals surface area contributed by atoms with E-state index in [0.29, 0.717) is 24.6 Å². The van der Waals surface area contributed by atoms with Crippen molar-refractivity contribution in [2.45, 2.75) is 20.0 Å². The van der Waals surface area contributed by atoms with Crippen molar-refractivity contribution in [3.8, 4) is 5.75 Å². The minimum atomic E-state index is -0.551. The molecule has 4 aromatic rings. The van der Waals surface area contributed by atoms with Crippen LogP contribution >= 0.6 is 0 Å². The summed E-state index contributed by atoms with van der Waals surface area (Å²) in [7, 11) is 0. The van der Waals surface area contributed by atoms with Crippen molar-refractivity contribution in [1.29, 1.82) is 0 Å². The van der Waals surface area contributed by atoms with E-state index >= 15 is 0 Å². The van der Waals surface area contributed by atoms with Crippen LogP contribution in [0.1, 0.15) is 25.5 Å². The zero-order valence-corrected chi connectivity index (χ0v) is 17.0. The maximum absolute atomic E-state index is 11.7. The van der Waals surface area contributed by atoms with E-state index in [-0.39, 0.29) is 5.91 Å². The Labute approximate surface area is 174 Å². The first-order valence-corrected chi connectivity index (χ1v) is 9.98. The van der Waals surface area contributed by atoms with Gasteiger partial charge in [0, 0.05) is 47.1 Å². The molecular formula is C24H25N3O3. The number of carbonyl (C=O) groups excluding carboxylic acids is 1. The van der Waals surface area contributed by atoms with E-state index in [1.165, 1.54) is 6.92 Å². The Morgan fingerprint density at radius 3 is 2.60 bits per heavy atom. The van der Waals surface area contributed by atoms with Crippen LogP contribution in [0.3, 0.4) is 0 Å². The number of hydrogen-bond donors (Lipinski definition) is 4. The van der Waals surface area contributed by atoms with Gasteiger partial charge in [-0.1, -0.05) is 36.4 Å². The molecule has 0 saturated carbocycles. The number of amides is 1. The van der Waals surface area contributed by atoms with Crippen molar-refractivity contribution in [2.24, 2.45) is 0 Å². The highest BCUT2D eigenvalue weighted by Crippen LogP contribution is 2.34. The standard InChI is InChI=1S/C24H25N3O3/c1-15(28)17-7-3-5-9-20(17)25-11-12-30-24-14-22-19(13-23(24)26-16(2)29)18-8-4-6-10-21(18)27-22/h3-10,13-15,25,27-28H,11-12H2,1-2H3,(H,26,29). The van der Waals surface area contributed by atoms with Crippen LogP contribution in [0, 0.1) is 0 Å². The number of ether oxygens (including phenoxy) is 1. The highest BCUT2D eigenvalue weighted by Gasteiger charge is 2.12. The van der Waals surface area contributed by atoms with E-state index < -0.39 is 6.10 Å². The summed E-state index contributed by atoms with van der Waals surface area (Å²) >= 11 is 0. The number of nitrogens with one attached hydrogen (secondary N) is 3. The number of aromatic nitrogens is 1. The highest BCUT2D eigenvalue weighted by atomic mass is 16.5. The zero-order chi connectivity index (χ0) is 21.1. The van der Waals surface area contributed by atoms with Gasteiger partial charge < -0.3 is 25.5 Å². The van der Waals surface area contributed by atoms with Crippen LogP contribution in [0.2, 0.25) is 0 Å². The van der Waals surface area contributed by atoms with Crippen molar-refractivity contribution in [1.82, 2.24) is 4.98 Å². The van der Waals surface area contributed by atoms with Crippen LogP contribution in [0.15, 0.2) is 60.7 Å². The molecular weight excluding hydrogens is 378 g/mol. The van der Waals surface area contributed by atoms with Crippen LogP contribution < -0.4 is 15.4 Å². The summed E-state index contributed by atoms with van der Waals surface area (Å²) in [5, 5.41) is 18.2. The largest absolute Gasteiger partial charge is 0.489 e. The first-order chi connectivity index (χ1) is 14.5. The predicted octanol–water partition coefficient (Wildman–Crippen LogP) is 4.82. The Balaban J connectivity index is 1.54. The van der Waals surface area contributed by atoms with Gasteiger partial charge in [-0.25, -0.2) is 0 Å². The van der Waals surface area contributed by atoms with Gasteiger partial charge in [-0.2, -0.15) is 0 Å². The SMILES string of the molecule is CC(=O)Nc1cc2c(cc1OCCNc1ccccc1C(C)O)[nH]c1ccccc12. The molecule has 0 saturated heterocycles. The molecule has 0 spiro atoms. The molecule has 1 aromatic heterocycles. The summed E-state index contributed by atoms with van der Waals surface area (Å²) in [5.74, 6) is 0.456. The molecule has 1 heterocycles. The molecule has 1 unspecified atom stereocenters. The van der Waals surface area contributed by atoms with E-state index in [9.17, 15) is 9.90 Å². The molecule has 3 aromatic carbocycles. The smallest absolute Gasteiger partial charge is 0.221 e. The fourth-order valence-corrected chi connectivity index (χ4v) is 3.65. The van der Waals surface area contributed by atoms with Gasteiger partial charge in [0.25, 0.3) is 0 Å². The number of anilines is 2. The molecule has 1 atom stereocenters. The maximum atomic E-state index is 11.7. The highest BCUT2D eigenvalue weighted by molar-refractivity contribution is 6.10. The lowest BCUT2D eigenvalue weighted by molar-refractivity contribution is -0.114. The summed E-state index contributed by atoms with van der Waals surface area (Å²) in [6.45, 7) is 4.17. The van der Waals surface area contributed by atoms with Gasteiger partial charge >= 0.3 is 0 Å². The van der Waals surface area contributed by atoms with Gasteiger partial charge in [0.15, 0.2) is 0 Å². The predicted molar refractivity (Wildman–Crippen MR) is 121 cm³/mol. The molecule has 30 heavy (non-hydrogen) atoms. The molecule has 6 nitrogen and oxygen atoms in total. The number of aliphatic hydroxyl groups is 1. The number of aliphatic hydroxyl groups excluding tert-OH is 1. The van der Waals surface area contributed by atoms with Gasteiger partial charge in [0.05, 0.1) is 17.3 Å². The summed E-state index contributed by atoms with van der Waals surface area (Å²) in [6, 6.07) is 19.6. The average molecular weight is 403 g/mol. The molecule has 0 aliphatic rings. The fraction of sp³-hybridized carbons (Fsp3) is 0.208. The quantitative estimate of drug-likeness (QED) is 0.333. The van der Waals surface area contributed by atoms with Crippen molar-refractivity contribution < 1.29 is 14.6 Å². The minimum Gasteiger partial charge on any atom is -0.489 e. The number of carbonyl (C=O) groups is 1. The Hall–Kier alpha value is -3.51. The van der Waals surface area contributed by atoms with Crippen LogP contribution in [0.25, 0.3) is 21.8 Å². The van der Waals surface area contributed by atoms with Gasteiger partial charge in [0.2, 0.25) is 5.91 Å². The number of fused-ring (bicyclic) bond motifs is 3. The molecule has 0 bridgehead atoms. The summed E-state index contributed by atoms with van der Waals surface area (Å²) in [6.07, 6.45) is -0.551. The number of para-hydroxylation sites is 2. The second-order valence-corrected chi connectivity index (χ2v) is 7.28. The Bertz CT molecular complexity index is 1200. The van der Waals surface area contributed by atoms with E-state index in [0.717, 1.165) is 33.1 Å². The molecule has 0 fully saturated rings.